The van der Waals surface area contributed by atoms with Crippen molar-refractivity contribution in [3.63, 3.8) is 0 Å². The maximum Gasteiger partial charge on any atom is 0.226 e. The van der Waals surface area contributed by atoms with Crippen LogP contribution in [0.1, 0.15) is 18.7 Å². The highest BCUT2D eigenvalue weighted by Crippen LogP contribution is 2.25. The number of rotatable bonds is 4. The van der Waals surface area contributed by atoms with Crippen LogP contribution in [0.2, 0.25) is 0 Å². The summed E-state index contributed by atoms with van der Waals surface area (Å²) in [6, 6.07) is 14.5. The van der Waals surface area contributed by atoms with Crippen LogP contribution < -0.4 is 0 Å². The highest BCUT2D eigenvalue weighted by atomic mass is 19.1. The summed E-state index contributed by atoms with van der Waals surface area (Å²) in [6.45, 7) is 2.34. The summed E-state index contributed by atoms with van der Waals surface area (Å²) in [7, 11) is 3.63. The number of benzene rings is 2. The Bertz CT molecular complexity index is 980. The lowest BCUT2D eigenvalue weighted by Gasteiger charge is -2.33. The monoisotopic (exact) mass is 380 g/mol. The normalized spacial score (nSPS) is 17.8. The van der Waals surface area contributed by atoms with Crippen molar-refractivity contribution in [2.24, 2.45) is 5.92 Å². The van der Waals surface area contributed by atoms with E-state index in [9.17, 15) is 9.18 Å². The number of imidazole rings is 1. The molecule has 3 aromatic rings. The predicted molar refractivity (Wildman–Crippen MR) is 108 cm³/mol. The van der Waals surface area contributed by atoms with E-state index in [0.29, 0.717) is 6.54 Å². The van der Waals surface area contributed by atoms with Gasteiger partial charge in [-0.2, -0.15) is 0 Å². The Morgan fingerprint density at radius 2 is 1.93 bits per heavy atom. The molecular formula is C22H25FN4O. The fourth-order valence-electron chi connectivity index (χ4n) is 4.03. The summed E-state index contributed by atoms with van der Waals surface area (Å²) in [5.74, 6) is 0.880. The van der Waals surface area contributed by atoms with Crippen LogP contribution in [-0.2, 0) is 11.3 Å². The molecule has 2 aromatic carbocycles. The quantitative estimate of drug-likeness (QED) is 0.696. The number of carbonyl (C=O) groups is 1. The molecule has 1 aliphatic heterocycles. The zero-order valence-electron chi connectivity index (χ0n) is 16.3. The van der Waals surface area contributed by atoms with Gasteiger partial charge in [-0.1, -0.05) is 12.1 Å². The van der Waals surface area contributed by atoms with Gasteiger partial charge in [0, 0.05) is 26.3 Å². The van der Waals surface area contributed by atoms with Crippen molar-refractivity contribution in [3.05, 3.63) is 60.2 Å². The minimum absolute atomic E-state index is 0.0346. The van der Waals surface area contributed by atoms with Crippen molar-refractivity contribution in [2.75, 3.05) is 27.2 Å². The van der Waals surface area contributed by atoms with E-state index in [1.807, 2.05) is 38.4 Å². The lowest BCUT2D eigenvalue weighted by molar-refractivity contribution is -0.134. The molecule has 4 rings (SSSR count). The van der Waals surface area contributed by atoms with Crippen LogP contribution >= 0.6 is 0 Å². The van der Waals surface area contributed by atoms with Crippen LogP contribution in [0.15, 0.2) is 48.5 Å². The maximum absolute atomic E-state index is 13.4. The average Bonchev–Trinajstić information content (AvgIpc) is 3.06. The first-order chi connectivity index (χ1) is 13.5. The van der Waals surface area contributed by atoms with Gasteiger partial charge in [0.1, 0.15) is 11.6 Å². The minimum Gasteiger partial charge on any atom is -0.349 e. The van der Waals surface area contributed by atoms with E-state index in [2.05, 4.69) is 9.47 Å². The van der Waals surface area contributed by atoms with Crippen LogP contribution in [0.25, 0.3) is 16.7 Å². The molecule has 1 aliphatic rings. The Morgan fingerprint density at radius 3 is 2.68 bits per heavy atom. The van der Waals surface area contributed by atoms with Crippen LogP contribution in [0.4, 0.5) is 4.39 Å². The van der Waals surface area contributed by atoms with Gasteiger partial charge in [-0.3, -0.25) is 14.3 Å². The van der Waals surface area contributed by atoms with Gasteiger partial charge in [-0.25, -0.2) is 9.37 Å². The third-order valence-electron chi connectivity index (χ3n) is 5.38. The summed E-state index contributed by atoms with van der Waals surface area (Å²) in [5, 5.41) is 0. The van der Waals surface area contributed by atoms with E-state index in [0.717, 1.165) is 48.5 Å². The smallest absolute Gasteiger partial charge is 0.226 e. The molecule has 2 heterocycles. The molecule has 1 saturated heterocycles. The zero-order valence-corrected chi connectivity index (χ0v) is 16.3. The van der Waals surface area contributed by atoms with Crippen LogP contribution in [0.3, 0.4) is 0 Å². The van der Waals surface area contributed by atoms with Gasteiger partial charge in [-0.05, 0) is 55.8 Å². The molecule has 28 heavy (non-hydrogen) atoms. The number of halogens is 1. The van der Waals surface area contributed by atoms with E-state index in [-0.39, 0.29) is 17.6 Å². The summed E-state index contributed by atoms with van der Waals surface area (Å²) >= 11 is 0. The van der Waals surface area contributed by atoms with E-state index in [1.165, 1.54) is 12.1 Å². The molecule has 0 unspecified atom stereocenters. The average molecular weight is 380 g/mol. The molecule has 1 amide bonds. The number of nitrogens with zero attached hydrogens (tertiary/aromatic N) is 4. The minimum atomic E-state index is -0.254. The van der Waals surface area contributed by atoms with Gasteiger partial charge >= 0.3 is 0 Å². The Balaban J connectivity index is 1.66. The van der Waals surface area contributed by atoms with Gasteiger partial charge in [-0.15, -0.1) is 0 Å². The Morgan fingerprint density at radius 1 is 1.18 bits per heavy atom. The van der Waals surface area contributed by atoms with Crippen LogP contribution in [0.5, 0.6) is 0 Å². The van der Waals surface area contributed by atoms with E-state index in [4.69, 9.17) is 4.98 Å². The van der Waals surface area contributed by atoms with Crippen molar-refractivity contribution < 1.29 is 9.18 Å². The number of hydrogen-bond acceptors (Lipinski definition) is 3. The van der Waals surface area contributed by atoms with Crippen molar-refractivity contribution in [1.29, 1.82) is 0 Å². The van der Waals surface area contributed by atoms with Crippen LogP contribution in [-0.4, -0.2) is 52.4 Å². The molecular weight excluding hydrogens is 355 g/mol. The number of carbonyl (C=O) groups excluding carboxylic acids is 1. The third kappa shape index (κ3) is 3.64. The lowest BCUT2D eigenvalue weighted by Crippen LogP contribution is -2.42. The van der Waals surface area contributed by atoms with Gasteiger partial charge in [0.2, 0.25) is 5.91 Å². The topological polar surface area (TPSA) is 41.4 Å². The SMILES string of the molecule is CN(C)C(=O)[C@@H]1CCCN(Cc2nc3ccccc3n2-c2ccc(F)cc2)C1. The number of hydrogen-bond donors (Lipinski definition) is 0. The Labute approximate surface area is 164 Å². The summed E-state index contributed by atoms with van der Waals surface area (Å²) < 4.78 is 15.5. The van der Waals surface area contributed by atoms with E-state index in [1.54, 1.807) is 17.0 Å². The van der Waals surface area contributed by atoms with Crippen molar-refractivity contribution >= 4 is 16.9 Å². The molecule has 1 aromatic heterocycles. The summed E-state index contributed by atoms with van der Waals surface area (Å²) in [4.78, 5) is 21.2. The molecule has 146 valence electrons. The van der Waals surface area contributed by atoms with Gasteiger partial charge in [0.25, 0.3) is 0 Å². The lowest BCUT2D eigenvalue weighted by atomic mass is 9.97. The van der Waals surface area contributed by atoms with E-state index >= 15 is 0 Å². The van der Waals surface area contributed by atoms with Gasteiger partial charge in [0.05, 0.1) is 23.5 Å². The number of para-hydroxylation sites is 2. The van der Waals surface area contributed by atoms with Crippen LogP contribution in [0, 0.1) is 11.7 Å². The fourth-order valence-corrected chi connectivity index (χ4v) is 4.03. The standard InChI is InChI=1S/C22H25FN4O/c1-25(2)22(28)16-6-5-13-26(14-16)15-21-24-19-7-3-4-8-20(19)27(21)18-11-9-17(23)10-12-18/h3-4,7-12,16H,5-6,13-15H2,1-2H3/t16-/m1/s1. The number of fused-ring (bicyclic) bond motifs is 1. The highest BCUT2D eigenvalue weighted by Gasteiger charge is 2.28. The molecule has 0 N–H and O–H groups in total. The first-order valence-corrected chi connectivity index (χ1v) is 9.69. The second kappa shape index (κ2) is 7.72. The van der Waals surface area contributed by atoms with Crippen molar-refractivity contribution in [1.82, 2.24) is 19.4 Å². The molecule has 1 atom stereocenters. The predicted octanol–water partition coefficient (Wildman–Crippen LogP) is 3.46. The number of amides is 1. The summed E-state index contributed by atoms with van der Waals surface area (Å²) in [6.07, 6.45) is 1.93. The molecule has 1 fully saturated rings. The molecule has 0 saturated carbocycles. The zero-order chi connectivity index (χ0) is 19.7. The maximum atomic E-state index is 13.4. The molecule has 5 nitrogen and oxygen atoms in total. The number of piperidine rings is 1. The molecule has 6 heteroatoms. The molecule has 0 spiro atoms. The third-order valence-corrected chi connectivity index (χ3v) is 5.38. The Kier molecular flexibility index (Phi) is 5.13. The number of likely N-dealkylation sites (tertiary alicyclic amines) is 1. The first kappa shape index (κ1) is 18.6. The second-order valence-electron chi connectivity index (χ2n) is 7.64. The van der Waals surface area contributed by atoms with E-state index < -0.39 is 0 Å². The largest absolute Gasteiger partial charge is 0.349 e. The first-order valence-electron chi connectivity index (χ1n) is 9.69. The summed E-state index contributed by atoms with van der Waals surface area (Å²) in [5.41, 5.74) is 2.81. The fraction of sp³-hybridized carbons (Fsp3) is 0.364. The second-order valence-corrected chi connectivity index (χ2v) is 7.64. The van der Waals surface area contributed by atoms with Crippen molar-refractivity contribution in [2.45, 2.75) is 19.4 Å². The highest BCUT2D eigenvalue weighted by molar-refractivity contribution is 5.79. The number of aromatic nitrogens is 2. The van der Waals surface area contributed by atoms with Gasteiger partial charge < -0.3 is 4.90 Å². The van der Waals surface area contributed by atoms with Crippen molar-refractivity contribution in [3.8, 4) is 5.69 Å². The molecule has 0 bridgehead atoms. The van der Waals surface area contributed by atoms with Gasteiger partial charge in [0.15, 0.2) is 0 Å². The molecule has 0 aliphatic carbocycles. The Hall–Kier alpha value is -2.73. The molecule has 0 radical (unpaired) electrons.